The number of rotatable bonds is 7. The average molecular weight is 292 g/mol. The Morgan fingerprint density at radius 1 is 1.32 bits per heavy atom. The summed E-state index contributed by atoms with van der Waals surface area (Å²) < 4.78 is 11.0. The Kier molecular flexibility index (Phi) is 7.11. The van der Waals surface area contributed by atoms with Crippen LogP contribution in [-0.4, -0.2) is 55.7 Å². The number of carbonyl (C=O) groups excluding carboxylic acids is 1. The van der Waals surface area contributed by atoms with Crippen LogP contribution in [0.3, 0.4) is 0 Å². The molecule has 0 atom stereocenters. The molecule has 5 heteroatoms. The van der Waals surface area contributed by atoms with Crippen LogP contribution in [0, 0.1) is 5.41 Å². The number of carbonyl (C=O) groups is 1. The van der Waals surface area contributed by atoms with E-state index in [1.54, 1.807) is 0 Å². The highest BCUT2D eigenvalue weighted by molar-refractivity contribution is 6.19. The predicted octanol–water partition coefficient (Wildman–Crippen LogP) is 2.30. The van der Waals surface area contributed by atoms with Crippen LogP contribution < -0.4 is 0 Å². The summed E-state index contributed by atoms with van der Waals surface area (Å²) in [5.41, 5.74) is -0.468. The monoisotopic (exact) mass is 291 g/mol. The average Bonchev–Trinajstić information content (AvgIpc) is 2.43. The van der Waals surface area contributed by atoms with Crippen molar-refractivity contribution in [2.45, 2.75) is 39.7 Å². The topological polar surface area (TPSA) is 38.8 Å². The van der Waals surface area contributed by atoms with E-state index < -0.39 is 5.41 Å². The molecule has 1 fully saturated rings. The molecule has 0 radical (unpaired) electrons. The van der Waals surface area contributed by atoms with E-state index in [0.717, 1.165) is 32.5 Å². The second-order valence-electron chi connectivity index (χ2n) is 5.58. The van der Waals surface area contributed by atoms with Crippen LogP contribution >= 0.6 is 11.6 Å². The highest BCUT2D eigenvalue weighted by Crippen LogP contribution is 2.24. The lowest BCUT2D eigenvalue weighted by molar-refractivity contribution is -0.142. The van der Waals surface area contributed by atoms with Gasteiger partial charge in [0.05, 0.1) is 24.7 Å². The number of hydrogen-bond donors (Lipinski definition) is 0. The molecule has 0 spiro atoms. The van der Waals surface area contributed by atoms with Gasteiger partial charge in [0.25, 0.3) is 0 Å². The van der Waals surface area contributed by atoms with Gasteiger partial charge in [-0.2, -0.15) is 0 Å². The summed E-state index contributed by atoms with van der Waals surface area (Å²) >= 11 is 5.85. The fourth-order valence-corrected chi connectivity index (χ4v) is 2.24. The van der Waals surface area contributed by atoms with Gasteiger partial charge in [0.2, 0.25) is 5.91 Å². The van der Waals surface area contributed by atoms with Crippen molar-refractivity contribution in [3.8, 4) is 0 Å². The van der Waals surface area contributed by atoms with E-state index in [2.05, 4.69) is 0 Å². The van der Waals surface area contributed by atoms with Crippen molar-refractivity contribution in [1.82, 2.24) is 4.90 Å². The first kappa shape index (κ1) is 16.7. The Hall–Kier alpha value is -0.320. The minimum absolute atomic E-state index is 0.148. The molecule has 4 nitrogen and oxygen atoms in total. The molecule has 112 valence electrons. The molecule has 0 aromatic rings. The standard InChI is InChI=1S/C14H26ClNO3/c1-4-18-9-10-19-12-5-7-16(8-6-12)13(17)14(2,3)11-15/h12H,4-11H2,1-3H3. The number of halogens is 1. The summed E-state index contributed by atoms with van der Waals surface area (Å²) in [5.74, 6) is 0.506. The third-order valence-electron chi connectivity index (χ3n) is 3.43. The van der Waals surface area contributed by atoms with Crippen molar-refractivity contribution in [2.75, 3.05) is 38.8 Å². The zero-order valence-corrected chi connectivity index (χ0v) is 13.0. The van der Waals surface area contributed by atoms with Crippen molar-refractivity contribution in [2.24, 2.45) is 5.41 Å². The second kappa shape index (κ2) is 8.08. The van der Waals surface area contributed by atoms with Gasteiger partial charge in [-0.1, -0.05) is 0 Å². The largest absolute Gasteiger partial charge is 0.379 e. The molecule has 0 aromatic carbocycles. The fraction of sp³-hybridized carbons (Fsp3) is 0.929. The Labute approximate surface area is 121 Å². The highest BCUT2D eigenvalue weighted by Gasteiger charge is 2.33. The molecule has 0 aromatic heterocycles. The molecule has 0 aliphatic carbocycles. The maximum Gasteiger partial charge on any atom is 0.229 e. The summed E-state index contributed by atoms with van der Waals surface area (Å²) in [6.45, 7) is 9.30. The number of piperidine rings is 1. The lowest BCUT2D eigenvalue weighted by atomic mass is 9.93. The quantitative estimate of drug-likeness (QED) is 0.534. The molecule has 1 aliphatic heterocycles. The van der Waals surface area contributed by atoms with Gasteiger partial charge in [-0.05, 0) is 33.6 Å². The van der Waals surface area contributed by atoms with Crippen molar-refractivity contribution < 1.29 is 14.3 Å². The number of ether oxygens (including phenoxy) is 2. The Morgan fingerprint density at radius 3 is 2.47 bits per heavy atom. The van der Waals surface area contributed by atoms with Gasteiger partial charge in [-0.25, -0.2) is 0 Å². The maximum absolute atomic E-state index is 12.2. The van der Waals surface area contributed by atoms with Gasteiger partial charge in [-0.15, -0.1) is 11.6 Å². The van der Waals surface area contributed by atoms with E-state index in [0.29, 0.717) is 19.1 Å². The molecule has 1 heterocycles. The van der Waals surface area contributed by atoms with E-state index in [1.165, 1.54) is 0 Å². The van der Waals surface area contributed by atoms with Crippen LogP contribution in [0.25, 0.3) is 0 Å². The van der Waals surface area contributed by atoms with Gasteiger partial charge in [-0.3, -0.25) is 4.79 Å². The van der Waals surface area contributed by atoms with Gasteiger partial charge < -0.3 is 14.4 Å². The van der Waals surface area contributed by atoms with Crippen molar-refractivity contribution in [3.05, 3.63) is 0 Å². The first-order valence-electron chi connectivity index (χ1n) is 7.06. The first-order valence-corrected chi connectivity index (χ1v) is 7.59. The summed E-state index contributed by atoms with van der Waals surface area (Å²) in [6.07, 6.45) is 2.05. The van der Waals surface area contributed by atoms with Gasteiger partial charge >= 0.3 is 0 Å². The van der Waals surface area contributed by atoms with Crippen LogP contribution in [-0.2, 0) is 14.3 Å². The summed E-state index contributed by atoms with van der Waals surface area (Å²) in [7, 11) is 0. The van der Waals surface area contributed by atoms with E-state index in [4.69, 9.17) is 21.1 Å². The number of nitrogens with zero attached hydrogens (tertiary/aromatic N) is 1. The van der Waals surface area contributed by atoms with E-state index in [1.807, 2.05) is 25.7 Å². The molecule has 1 rings (SSSR count). The normalized spacial score (nSPS) is 17.8. The number of hydrogen-bond acceptors (Lipinski definition) is 3. The van der Waals surface area contributed by atoms with Crippen molar-refractivity contribution >= 4 is 17.5 Å². The molecule has 0 N–H and O–H groups in total. The fourth-order valence-electron chi connectivity index (χ4n) is 2.13. The number of amides is 1. The van der Waals surface area contributed by atoms with Crippen molar-refractivity contribution in [3.63, 3.8) is 0 Å². The third kappa shape index (κ3) is 5.28. The van der Waals surface area contributed by atoms with Crippen molar-refractivity contribution in [1.29, 1.82) is 0 Å². The molecular weight excluding hydrogens is 266 g/mol. The zero-order valence-electron chi connectivity index (χ0n) is 12.3. The molecule has 1 amide bonds. The minimum Gasteiger partial charge on any atom is -0.379 e. The molecule has 19 heavy (non-hydrogen) atoms. The van der Waals surface area contributed by atoms with Crippen LogP contribution in [0.15, 0.2) is 0 Å². The van der Waals surface area contributed by atoms with Crippen LogP contribution in [0.1, 0.15) is 33.6 Å². The van der Waals surface area contributed by atoms with Gasteiger partial charge in [0.1, 0.15) is 0 Å². The SMILES string of the molecule is CCOCCOC1CCN(C(=O)C(C)(C)CCl)CC1. The second-order valence-corrected chi connectivity index (χ2v) is 5.84. The lowest BCUT2D eigenvalue weighted by Gasteiger charge is -2.36. The summed E-state index contributed by atoms with van der Waals surface area (Å²) in [5, 5.41) is 0. The zero-order chi connectivity index (χ0) is 14.3. The van der Waals surface area contributed by atoms with Gasteiger partial charge in [0.15, 0.2) is 0 Å². The van der Waals surface area contributed by atoms with E-state index in [-0.39, 0.29) is 12.0 Å². The Balaban J connectivity index is 2.27. The molecule has 1 aliphatic rings. The third-order valence-corrected chi connectivity index (χ3v) is 4.10. The van der Waals surface area contributed by atoms with Crippen LogP contribution in [0.4, 0.5) is 0 Å². The molecule has 0 saturated carbocycles. The summed E-state index contributed by atoms with van der Waals surface area (Å²) in [6, 6.07) is 0. The van der Waals surface area contributed by atoms with Crippen LogP contribution in [0.2, 0.25) is 0 Å². The van der Waals surface area contributed by atoms with Gasteiger partial charge in [0, 0.05) is 25.6 Å². The smallest absolute Gasteiger partial charge is 0.229 e. The lowest BCUT2D eigenvalue weighted by Crippen LogP contribution is -2.47. The summed E-state index contributed by atoms with van der Waals surface area (Å²) in [4.78, 5) is 14.1. The molecular formula is C14H26ClNO3. The Bertz CT molecular complexity index is 276. The predicted molar refractivity (Wildman–Crippen MR) is 76.5 cm³/mol. The molecule has 0 unspecified atom stereocenters. The van der Waals surface area contributed by atoms with E-state index >= 15 is 0 Å². The molecule has 0 bridgehead atoms. The number of likely N-dealkylation sites (tertiary alicyclic amines) is 1. The van der Waals surface area contributed by atoms with Crippen LogP contribution in [0.5, 0.6) is 0 Å². The number of alkyl halides is 1. The first-order chi connectivity index (χ1) is 9.01. The highest BCUT2D eigenvalue weighted by atomic mass is 35.5. The minimum atomic E-state index is -0.468. The van der Waals surface area contributed by atoms with E-state index in [9.17, 15) is 4.79 Å². The maximum atomic E-state index is 12.2. The Morgan fingerprint density at radius 2 is 1.95 bits per heavy atom. The molecule has 1 saturated heterocycles.